The van der Waals surface area contributed by atoms with Gasteiger partial charge in [-0.3, -0.25) is 4.90 Å². The van der Waals surface area contributed by atoms with Gasteiger partial charge in [0.05, 0.1) is 16.4 Å². The molecule has 0 saturated carbocycles. The normalized spacial score (nSPS) is 19.7. The number of fused-ring (bicyclic) bond motifs is 1. The number of rotatable bonds is 3. The Hall–Kier alpha value is -1.85. The summed E-state index contributed by atoms with van der Waals surface area (Å²) in [5, 5.41) is 17.0. The molecule has 4 nitrogen and oxygen atoms in total. The van der Waals surface area contributed by atoms with Gasteiger partial charge in [-0.05, 0) is 45.0 Å². The highest BCUT2D eigenvalue weighted by atomic mass is 35.5. The first-order chi connectivity index (χ1) is 12.9. The van der Waals surface area contributed by atoms with E-state index in [0.29, 0.717) is 15.7 Å². The van der Waals surface area contributed by atoms with Crippen LogP contribution in [0.25, 0.3) is 16.9 Å². The summed E-state index contributed by atoms with van der Waals surface area (Å²) in [6.07, 6.45) is -0.746. The van der Waals surface area contributed by atoms with Crippen molar-refractivity contribution >= 4 is 23.2 Å². The van der Waals surface area contributed by atoms with Crippen molar-refractivity contribution in [1.82, 2.24) is 14.7 Å². The highest BCUT2D eigenvalue weighted by Crippen LogP contribution is 2.47. The average molecular weight is 402 g/mol. The van der Waals surface area contributed by atoms with Crippen LogP contribution >= 0.6 is 23.2 Å². The number of aromatic nitrogens is 2. The molecule has 0 spiro atoms. The van der Waals surface area contributed by atoms with Crippen LogP contribution in [0.2, 0.25) is 10.0 Å². The third kappa shape index (κ3) is 2.97. The summed E-state index contributed by atoms with van der Waals surface area (Å²) in [5.74, 6) is 0. The summed E-state index contributed by atoms with van der Waals surface area (Å²) in [6.45, 7) is 6.26. The second-order valence-electron chi connectivity index (χ2n) is 7.11. The Balaban J connectivity index is 1.99. The van der Waals surface area contributed by atoms with E-state index >= 15 is 0 Å². The third-order valence-electron chi connectivity index (χ3n) is 5.14. The van der Waals surface area contributed by atoms with Crippen molar-refractivity contribution in [3.05, 3.63) is 69.8 Å². The van der Waals surface area contributed by atoms with E-state index in [1.165, 1.54) is 0 Å². The fourth-order valence-corrected chi connectivity index (χ4v) is 4.31. The van der Waals surface area contributed by atoms with Crippen LogP contribution in [0.5, 0.6) is 0 Å². The van der Waals surface area contributed by atoms with E-state index in [1.807, 2.05) is 53.2 Å². The lowest BCUT2D eigenvalue weighted by Gasteiger charge is -2.30. The summed E-state index contributed by atoms with van der Waals surface area (Å²) < 4.78 is 1.84. The van der Waals surface area contributed by atoms with Crippen molar-refractivity contribution in [2.45, 2.75) is 39.1 Å². The fourth-order valence-electron chi connectivity index (χ4n) is 3.96. The summed E-state index contributed by atoms with van der Waals surface area (Å²) in [7, 11) is 0. The summed E-state index contributed by atoms with van der Waals surface area (Å²) in [4.78, 5) is 2.06. The van der Waals surface area contributed by atoms with Crippen LogP contribution < -0.4 is 0 Å². The van der Waals surface area contributed by atoms with Crippen molar-refractivity contribution in [1.29, 1.82) is 0 Å². The van der Waals surface area contributed by atoms with Crippen LogP contribution in [0.1, 0.15) is 44.3 Å². The number of nitrogens with zero attached hydrogens (tertiary/aromatic N) is 3. The fraction of sp³-hybridized carbons (Fsp3) is 0.286. The van der Waals surface area contributed by atoms with E-state index in [1.54, 1.807) is 0 Å². The minimum atomic E-state index is -0.746. The Morgan fingerprint density at radius 2 is 1.70 bits per heavy atom. The van der Waals surface area contributed by atoms with Gasteiger partial charge in [0.2, 0.25) is 0 Å². The molecule has 140 valence electrons. The molecule has 0 amide bonds. The largest absolute Gasteiger partial charge is 0.372 e. The molecule has 4 rings (SSSR count). The van der Waals surface area contributed by atoms with Gasteiger partial charge in [0.25, 0.3) is 0 Å². The monoisotopic (exact) mass is 401 g/mol. The molecule has 0 bridgehead atoms. The van der Waals surface area contributed by atoms with E-state index in [-0.39, 0.29) is 12.1 Å². The van der Waals surface area contributed by atoms with Crippen molar-refractivity contribution in [3.63, 3.8) is 0 Å². The standard InChI is InChI=1S/C21H21Cl2N3O/c1-12(2)25-13(3)18-19(21(25)27)24-26(17-7-5-4-6-16(17)23)20(18)14-8-10-15(22)11-9-14/h4-13,21,27H,1-3H3. The van der Waals surface area contributed by atoms with Crippen molar-refractivity contribution < 1.29 is 5.11 Å². The Kier molecular flexibility index (Phi) is 4.77. The van der Waals surface area contributed by atoms with Gasteiger partial charge in [-0.15, -0.1) is 0 Å². The van der Waals surface area contributed by atoms with Crippen molar-refractivity contribution in [3.8, 4) is 16.9 Å². The van der Waals surface area contributed by atoms with E-state index < -0.39 is 6.23 Å². The SMILES string of the molecule is CC(C)N1C(C)c2c(nn(-c3ccccc3Cl)c2-c2ccc(Cl)cc2)C1O. The zero-order valence-corrected chi connectivity index (χ0v) is 16.9. The van der Waals surface area contributed by atoms with E-state index in [4.69, 9.17) is 28.3 Å². The van der Waals surface area contributed by atoms with Crippen molar-refractivity contribution in [2.24, 2.45) is 0 Å². The lowest BCUT2D eigenvalue weighted by molar-refractivity contribution is -0.0282. The first kappa shape index (κ1) is 18.5. The number of benzene rings is 2. The predicted octanol–water partition coefficient (Wildman–Crippen LogP) is 5.62. The molecule has 2 unspecified atom stereocenters. The van der Waals surface area contributed by atoms with E-state index in [0.717, 1.165) is 22.5 Å². The van der Waals surface area contributed by atoms with E-state index in [9.17, 15) is 5.11 Å². The molecular weight excluding hydrogens is 381 g/mol. The maximum atomic E-state index is 10.9. The maximum absolute atomic E-state index is 10.9. The molecule has 1 aliphatic heterocycles. The molecule has 2 heterocycles. The summed E-state index contributed by atoms with van der Waals surface area (Å²) in [6, 6.07) is 15.5. The molecule has 2 aromatic carbocycles. The van der Waals surface area contributed by atoms with Crippen LogP contribution in [0.15, 0.2) is 48.5 Å². The number of aliphatic hydroxyl groups is 1. The molecule has 6 heteroatoms. The summed E-state index contributed by atoms with van der Waals surface area (Å²) >= 11 is 12.6. The molecule has 0 radical (unpaired) electrons. The first-order valence-corrected chi connectivity index (χ1v) is 9.75. The minimum Gasteiger partial charge on any atom is -0.372 e. The van der Waals surface area contributed by atoms with Gasteiger partial charge < -0.3 is 5.11 Å². The second kappa shape index (κ2) is 6.95. The predicted molar refractivity (Wildman–Crippen MR) is 109 cm³/mol. The number of hydrogen-bond donors (Lipinski definition) is 1. The Bertz CT molecular complexity index is 982. The Labute approximate surface area is 168 Å². The summed E-state index contributed by atoms with van der Waals surface area (Å²) in [5.41, 5.74) is 4.41. The Morgan fingerprint density at radius 3 is 2.33 bits per heavy atom. The zero-order valence-electron chi connectivity index (χ0n) is 15.4. The molecule has 1 aromatic heterocycles. The number of halogens is 2. The molecule has 1 aliphatic rings. The van der Waals surface area contributed by atoms with Gasteiger partial charge in [-0.1, -0.05) is 47.5 Å². The molecule has 0 aliphatic carbocycles. The number of hydrogen-bond acceptors (Lipinski definition) is 3. The Morgan fingerprint density at radius 1 is 1.04 bits per heavy atom. The molecule has 1 N–H and O–H groups in total. The first-order valence-electron chi connectivity index (χ1n) is 8.99. The van der Waals surface area contributed by atoms with Gasteiger partial charge in [0.15, 0.2) is 6.23 Å². The molecule has 0 fully saturated rings. The van der Waals surface area contributed by atoms with Crippen LogP contribution in [0.3, 0.4) is 0 Å². The lowest BCUT2D eigenvalue weighted by Crippen LogP contribution is -2.32. The van der Waals surface area contributed by atoms with Crippen LogP contribution in [0, 0.1) is 0 Å². The van der Waals surface area contributed by atoms with Crippen molar-refractivity contribution in [2.75, 3.05) is 0 Å². The topological polar surface area (TPSA) is 41.3 Å². The molecule has 3 aromatic rings. The smallest absolute Gasteiger partial charge is 0.153 e. The lowest BCUT2D eigenvalue weighted by atomic mass is 10.0. The van der Waals surface area contributed by atoms with Gasteiger partial charge in [0.1, 0.15) is 5.69 Å². The van der Waals surface area contributed by atoms with Crippen LogP contribution in [-0.2, 0) is 0 Å². The zero-order chi connectivity index (χ0) is 19.3. The van der Waals surface area contributed by atoms with Gasteiger partial charge >= 0.3 is 0 Å². The average Bonchev–Trinajstić information content (AvgIpc) is 3.13. The quantitative estimate of drug-likeness (QED) is 0.618. The van der Waals surface area contributed by atoms with Gasteiger partial charge in [0, 0.05) is 28.2 Å². The molecular formula is C21H21Cl2N3O. The van der Waals surface area contributed by atoms with Crippen LogP contribution in [0.4, 0.5) is 0 Å². The molecule has 2 atom stereocenters. The minimum absolute atomic E-state index is 0.0249. The van der Waals surface area contributed by atoms with Crippen LogP contribution in [-0.4, -0.2) is 25.8 Å². The molecule has 0 saturated heterocycles. The number of para-hydroxylation sites is 1. The highest BCUT2D eigenvalue weighted by Gasteiger charge is 2.42. The number of aliphatic hydroxyl groups excluding tert-OH is 1. The third-order valence-corrected chi connectivity index (χ3v) is 5.71. The second-order valence-corrected chi connectivity index (χ2v) is 7.95. The van der Waals surface area contributed by atoms with E-state index in [2.05, 4.69) is 25.7 Å². The highest BCUT2D eigenvalue weighted by molar-refractivity contribution is 6.32. The maximum Gasteiger partial charge on any atom is 0.153 e. The van der Waals surface area contributed by atoms with Gasteiger partial charge in [-0.25, -0.2) is 4.68 Å². The molecule has 27 heavy (non-hydrogen) atoms. The van der Waals surface area contributed by atoms with Gasteiger partial charge in [-0.2, -0.15) is 5.10 Å².